The second-order valence-electron chi connectivity index (χ2n) is 9.82. The summed E-state index contributed by atoms with van der Waals surface area (Å²) < 4.78 is 15.1. The lowest BCUT2D eigenvalue weighted by Gasteiger charge is -2.60. The Morgan fingerprint density at radius 3 is 2.19 bits per heavy atom. The minimum Gasteiger partial charge on any atom is -0.360 e. The van der Waals surface area contributed by atoms with Gasteiger partial charge in [-0.3, -0.25) is 34.3 Å². The lowest BCUT2D eigenvalue weighted by molar-refractivity contribution is -0.136. The van der Waals surface area contributed by atoms with Crippen LogP contribution in [-0.4, -0.2) is 70.2 Å². The first kappa shape index (κ1) is 20.1. The van der Waals surface area contributed by atoms with Crippen molar-refractivity contribution in [1.82, 2.24) is 15.1 Å². The minimum absolute atomic E-state index is 0.0297. The van der Waals surface area contributed by atoms with Crippen LogP contribution in [0.25, 0.3) is 0 Å². The zero-order valence-corrected chi connectivity index (χ0v) is 17.8. The van der Waals surface area contributed by atoms with Gasteiger partial charge in [-0.25, -0.2) is 4.39 Å². The maximum absolute atomic E-state index is 15.1. The van der Waals surface area contributed by atoms with Gasteiger partial charge < -0.3 is 4.90 Å². The molecule has 0 spiro atoms. The van der Waals surface area contributed by atoms with Crippen molar-refractivity contribution in [1.29, 1.82) is 0 Å². The molecule has 9 heteroatoms. The van der Waals surface area contributed by atoms with Crippen LogP contribution in [0.2, 0.25) is 0 Å². The van der Waals surface area contributed by atoms with Gasteiger partial charge in [-0.2, -0.15) is 0 Å². The molecular weight excluding hydrogens is 403 g/mol. The Hall–Kier alpha value is -2.81. The summed E-state index contributed by atoms with van der Waals surface area (Å²) in [4.78, 5) is 54.8. The maximum Gasteiger partial charge on any atom is 0.262 e. The number of piperazine rings is 1. The summed E-state index contributed by atoms with van der Waals surface area (Å²) >= 11 is 0. The summed E-state index contributed by atoms with van der Waals surface area (Å²) in [7, 11) is 0. The summed E-state index contributed by atoms with van der Waals surface area (Å²) in [5.41, 5.74) is 0.450. The molecule has 2 bridgehead atoms. The predicted octanol–water partition coefficient (Wildman–Crippen LogP) is 1.29. The number of carbonyl (C=O) groups excluding carboxylic acids is 4. The zero-order valence-electron chi connectivity index (χ0n) is 17.8. The van der Waals surface area contributed by atoms with Crippen LogP contribution in [0.3, 0.4) is 0 Å². The Kier molecular flexibility index (Phi) is 4.28. The molecule has 5 aliphatic rings. The highest BCUT2D eigenvalue weighted by Crippen LogP contribution is 2.42. The Morgan fingerprint density at radius 2 is 1.61 bits per heavy atom. The number of piperidine rings is 2. The minimum atomic E-state index is -1.06. The Morgan fingerprint density at radius 1 is 1.00 bits per heavy atom. The van der Waals surface area contributed by atoms with E-state index in [1.165, 1.54) is 6.07 Å². The van der Waals surface area contributed by atoms with Crippen LogP contribution in [-0.2, 0) is 9.59 Å². The Bertz CT molecular complexity index is 1020. The van der Waals surface area contributed by atoms with Crippen LogP contribution >= 0.6 is 0 Å². The van der Waals surface area contributed by atoms with Gasteiger partial charge in [0.1, 0.15) is 11.9 Å². The highest BCUT2D eigenvalue weighted by atomic mass is 19.1. The van der Waals surface area contributed by atoms with Gasteiger partial charge in [0, 0.05) is 37.1 Å². The first-order valence-corrected chi connectivity index (χ1v) is 10.6. The van der Waals surface area contributed by atoms with Crippen LogP contribution in [0.4, 0.5) is 10.1 Å². The number of halogens is 1. The molecule has 3 unspecified atom stereocenters. The molecule has 0 aromatic heterocycles. The topological polar surface area (TPSA) is 90.0 Å². The summed E-state index contributed by atoms with van der Waals surface area (Å²) in [5.74, 6) is -2.95. The molecule has 6 rings (SSSR count). The molecule has 5 aliphatic heterocycles. The van der Waals surface area contributed by atoms with E-state index < -0.39 is 35.5 Å². The molecule has 0 aliphatic carbocycles. The van der Waals surface area contributed by atoms with Crippen molar-refractivity contribution in [3.05, 3.63) is 29.1 Å². The van der Waals surface area contributed by atoms with E-state index in [2.05, 4.69) is 31.0 Å². The van der Waals surface area contributed by atoms with Crippen LogP contribution in [0.5, 0.6) is 0 Å². The molecule has 5 heterocycles. The number of hydrogen-bond donors (Lipinski definition) is 1. The van der Waals surface area contributed by atoms with E-state index in [0.717, 1.165) is 30.5 Å². The average Bonchev–Trinajstić information content (AvgIpc) is 2.92. The second-order valence-corrected chi connectivity index (χ2v) is 9.82. The normalized spacial score (nSPS) is 28.6. The number of amides is 4. The van der Waals surface area contributed by atoms with E-state index in [0.29, 0.717) is 5.69 Å². The maximum atomic E-state index is 15.1. The van der Waals surface area contributed by atoms with Crippen molar-refractivity contribution in [2.24, 2.45) is 0 Å². The van der Waals surface area contributed by atoms with Gasteiger partial charge in [-0.05, 0) is 45.7 Å². The van der Waals surface area contributed by atoms with Gasteiger partial charge in [-0.1, -0.05) is 0 Å². The molecule has 3 atom stereocenters. The van der Waals surface area contributed by atoms with Crippen molar-refractivity contribution in [3.63, 3.8) is 0 Å². The third-order valence-electron chi connectivity index (χ3n) is 6.93. The second kappa shape index (κ2) is 6.59. The van der Waals surface area contributed by atoms with Crippen molar-refractivity contribution < 1.29 is 23.6 Å². The summed E-state index contributed by atoms with van der Waals surface area (Å²) in [6.07, 6.45) is 1.09. The Labute approximate surface area is 179 Å². The third kappa shape index (κ3) is 2.97. The van der Waals surface area contributed by atoms with E-state index in [1.54, 1.807) is 0 Å². The standard InChI is InChI=1S/C22H25FN4O4/c1-22(2,3)25-9-11-6-12(10-25)26(11)17-8-14-13(7-15(17)23)20(30)27(21(14)31)16-4-5-18(28)24-19(16)29/h7-8,11-12,16H,4-6,9-10H2,1-3H3,(H,24,28,29). The largest absolute Gasteiger partial charge is 0.360 e. The Balaban J connectivity index is 1.43. The fraction of sp³-hybridized carbons (Fsp3) is 0.545. The molecule has 31 heavy (non-hydrogen) atoms. The highest BCUT2D eigenvalue weighted by Gasteiger charge is 2.49. The van der Waals surface area contributed by atoms with Crippen LogP contribution in [0.1, 0.15) is 60.7 Å². The molecule has 1 aromatic rings. The van der Waals surface area contributed by atoms with Gasteiger partial charge in [0.25, 0.3) is 11.8 Å². The SMILES string of the molecule is CC(C)(C)N1CC2CC(C1)N2c1cc2c(cc1F)C(=O)N(C1CCC(=O)NC1=O)C2=O. The molecule has 4 saturated heterocycles. The number of nitrogens with one attached hydrogen (secondary N) is 1. The lowest BCUT2D eigenvalue weighted by atomic mass is 9.84. The van der Waals surface area contributed by atoms with E-state index >= 15 is 4.39 Å². The van der Waals surface area contributed by atoms with Gasteiger partial charge >= 0.3 is 0 Å². The number of benzene rings is 1. The van der Waals surface area contributed by atoms with E-state index in [9.17, 15) is 19.2 Å². The lowest BCUT2D eigenvalue weighted by Crippen LogP contribution is -2.71. The quantitative estimate of drug-likeness (QED) is 0.714. The number of rotatable bonds is 2. The van der Waals surface area contributed by atoms with Crippen LogP contribution < -0.4 is 10.2 Å². The van der Waals surface area contributed by atoms with E-state index in [4.69, 9.17) is 0 Å². The molecule has 1 aromatic carbocycles. The van der Waals surface area contributed by atoms with Gasteiger partial charge in [0.05, 0.1) is 16.8 Å². The highest BCUT2D eigenvalue weighted by molar-refractivity contribution is 6.23. The molecule has 4 amide bonds. The molecule has 8 nitrogen and oxygen atoms in total. The van der Waals surface area contributed by atoms with Gasteiger partial charge in [0.15, 0.2) is 0 Å². The van der Waals surface area contributed by atoms with Gasteiger partial charge in [-0.15, -0.1) is 0 Å². The van der Waals surface area contributed by atoms with Crippen molar-refractivity contribution in [3.8, 4) is 0 Å². The number of fused-ring (bicyclic) bond motifs is 3. The third-order valence-corrected chi connectivity index (χ3v) is 6.93. The number of nitrogens with zero attached hydrogens (tertiary/aromatic N) is 3. The molecule has 0 saturated carbocycles. The molecule has 0 radical (unpaired) electrons. The molecular formula is C22H25FN4O4. The fourth-order valence-corrected chi connectivity index (χ4v) is 5.23. The predicted molar refractivity (Wildman–Crippen MR) is 109 cm³/mol. The zero-order chi connectivity index (χ0) is 22.2. The van der Waals surface area contributed by atoms with Crippen LogP contribution in [0, 0.1) is 5.82 Å². The average molecular weight is 428 g/mol. The molecule has 164 valence electrons. The molecule has 1 N–H and O–H groups in total. The first-order chi connectivity index (χ1) is 14.6. The van der Waals surface area contributed by atoms with E-state index in [1.807, 2.05) is 4.90 Å². The van der Waals surface area contributed by atoms with Crippen molar-refractivity contribution in [2.75, 3.05) is 18.0 Å². The molecule has 4 fully saturated rings. The van der Waals surface area contributed by atoms with E-state index in [-0.39, 0.29) is 41.6 Å². The number of hydrogen-bond acceptors (Lipinski definition) is 6. The first-order valence-electron chi connectivity index (χ1n) is 10.6. The summed E-state index contributed by atoms with van der Waals surface area (Å²) in [5, 5.41) is 2.17. The number of imide groups is 2. The monoisotopic (exact) mass is 428 g/mol. The van der Waals surface area contributed by atoms with Crippen molar-refractivity contribution >= 4 is 29.3 Å². The van der Waals surface area contributed by atoms with Crippen molar-refractivity contribution in [2.45, 2.75) is 63.7 Å². The summed E-state index contributed by atoms with van der Waals surface area (Å²) in [6, 6.07) is 1.84. The smallest absolute Gasteiger partial charge is 0.262 e. The summed E-state index contributed by atoms with van der Waals surface area (Å²) in [6.45, 7) is 8.10. The van der Waals surface area contributed by atoms with Gasteiger partial charge in [0.2, 0.25) is 11.8 Å². The number of anilines is 1. The van der Waals surface area contributed by atoms with Crippen LogP contribution in [0.15, 0.2) is 12.1 Å². The number of carbonyl (C=O) groups is 4. The fourth-order valence-electron chi connectivity index (χ4n) is 5.23.